The second-order valence-electron chi connectivity index (χ2n) is 4.82. The van der Waals surface area contributed by atoms with Crippen LogP contribution in [-0.2, 0) is 0 Å². The molecule has 2 aromatic rings. The Kier molecular flexibility index (Phi) is 5.16. The summed E-state index contributed by atoms with van der Waals surface area (Å²) in [6.45, 7) is 2.30. The maximum Gasteiger partial charge on any atom is 0.119 e. The van der Waals surface area contributed by atoms with E-state index in [-0.39, 0.29) is 12.6 Å². The predicted octanol–water partition coefficient (Wildman–Crippen LogP) is 3.21. The molecule has 0 amide bonds. The molecule has 3 heteroatoms. The zero-order valence-electron chi connectivity index (χ0n) is 11.7. The smallest absolute Gasteiger partial charge is 0.119 e. The fourth-order valence-electron chi connectivity index (χ4n) is 1.99. The Balaban J connectivity index is 1.91. The summed E-state index contributed by atoms with van der Waals surface area (Å²) in [5, 5.41) is 10.0. The lowest BCUT2D eigenvalue weighted by atomic mass is 10.1. The summed E-state index contributed by atoms with van der Waals surface area (Å²) >= 11 is 0. The SMILES string of the molecule is CC[C@@H](N)c1ccc(OCC(O)c2ccccc2)cc1. The Labute approximate surface area is 120 Å². The fourth-order valence-corrected chi connectivity index (χ4v) is 1.99. The first-order chi connectivity index (χ1) is 9.70. The largest absolute Gasteiger partial charge is 0.491 e. The Morgan fingerprint density at radius 2 is 1.65 bits per heavy atom. The molecule has 0 aliphatic rings. The number of aliphatic hydroxyl groups is 1. The van der Waals surface area contributed by atoms with Crippen molar-refractivity contribution in [3.05, 3.63) is 65.7 Å². The number of rotatable bonds is 6. The van der Waals surface area contributed by atoms with E-state index in [0.29, 0.717) is 0 Å². The van der Waals surface area contributed by atoms with Gasteiger partial charge < -0.3 is 15.6 Å². The molecule has 2 aromatic carbocycles. The van der Waals surface area contributed by atoms with Crippen LogP contribution in [0.25, 0.3) is 0 Å². The van der Waals surface area contributed by atoms with Gasteiger partial charge in [-0.05, 0) is 29.7 Å². The van der Waals surface area contributed by atoms with E-state index in [4.69, 9.17) is 10.5 Å². The molecule has 1 unspecified atom stereocenters. The van der Waals surface area contributed by atoms with Crippen molar-refractivity contribution in [2.75, 3.05) is 6.61 Å². The van der Waals surface area contributed by atoms with E-state index in [1.807, 2.05) is 54.6 Å². The lowest BCUT2D eigenvalue weighted by Gasteiger charge is -2.14. The standard InChI is InChI=1S/C17H21NO2/c1-2-16(18)13-8-10-15(11-9-13)20-12-17(19)14-6-4-3-5-7-14/h3-11,16-17,19H,2,12,18H2,1H3/t16-,17?/m1/s1. The number of ether oxygens (including phenoxy) is 1. The molecule has 0 aliphatic carbocycles. The molecule has 0 fully saturated rings. The van der Waals surface area contributed by atoms with Gasteiger partial charge in [-0.15, -0.1) is 0 Å². The molecule has 0 spiro atoms. The van der Waals surface area contributed by atoms with Gasteiger partial charge in [0.1, 0.15) is 18.5 Å². The third kappa shape index (κ3) is 3.83. The topological polar surface area (TPSA) is 55.5 Å². The zero-order chi connectivity index (χ0) is 14.4. The Morgan fingerprint density at radius 3 is 2.25 bits per heavy atom. The van der Waals surface area contributed by atoms with E-state index < -0.39 is 6.10 Å². The van der Waals surface area contributed by atoms with Crippen molar-refractivity contribution in [3.8, 4) is 5.75 Å². The Bertz CT molecular complexity index is 510. The van der Waals surface area contributed by atoms with Gasteiger partial charge in [-0.2, -0.15) is 0 Å². The highest BCUT2D eigenvalue weighted by Crippen LogP contribution is 2.20. The lowest BCUT2D eigenvalue weighted by molar-refractivity contribution is 0.108. The quantitative estimate of drug-likeness (QED) is 0.848. The summed E-state index contributed by atoms with van der Waals surface area (Å²) in [4.78, 5) is 0. The van der Waals surface area contributed by atoms with Crippen LogP contribution in [0.2, 0.25) is 0 Å². The molecule has 0 radical (unpaired) electrons. The molecule has 3 N–H and O–H groups in total. The number of benzene rings is 2. The Hall–Kier alpha value is -1.84. The minimum Gasteiger partial charge on any atom is -0.491 e. The number of nitrogens with two attached hydrogens (primary N) is 1. The highest BCUT2D eigenvalue weighted by molar-refractivity contribution is 5.29. The van der Waals surface area contributed by atoms with Gasteiger partial charge >= 0.3 is 0 Å². The van der Waals surface area contributed by atoms with Crippen LogP contribution in [0.5, 0.6) is 5.75 Å². The van der Waals surface area contributed by atoms with Crippen LogP contribution in [0.1, 0.15) is 36.6 Å². The van der Waals surface area contributed by atoms with Gasteiger partial charge in [0.25, 0.3) is 0 Å². The van der Waals surface area contributed by atoms with Crippen molar-refractivity contribution < 1.29 is 9.84 Å². The number of hydrogen-bond donors (Lipinski definition) is 2. The van der Waals surface area contributed by atoms with Crippen molar-refractivity contribution in [2.45, 2.75) is 25.5 Å². The lowest BCUT2D eigenvalue weighted by Crippen LogP contribution is -2.10. The second kappa shape index (κ2) is 7.08. The van der Waals surface area contributed by atoms with Crippen molar-refractivity contribution in [3.63, 3.8) is 0 Å². The van der Waals surface area contributed by atoms with Crippen LogP contribution >= 0.6 is 0 Å². The fraction of sp³-hybridized carbons (Fsp3) is 0.294. The first-order valence-corrected chi connectivity index (χ1v) is 6.92. The van der Waals surface area contributed by atoms with Crippen LogP contribution in [0.4, 0.5) is 0 Å². The summed E-state index contributed by atoms with van der Waals surface area (Å²) < 4.78 is 5.60. The molecule has 0 saturated carbocycles. The van der Waals surface area contributed by atoms with Crippen LogP contribution < -0.4 is 10.5 Å². The second-order valence-corrected chi connectivity index (χ2v) is 4.82. The van der Waals surface area contributed by atoms with Gasteiger partial charge in [0.15, 0.2) is 0 Å². The van der Waals surface area contributed by atoms with Gasteiger partial charge in [0.05, 0.1) is 0 Å². The molecule has 0 saturated heterocycles. The van der Waals surface area contributed by atoms with Gasteiger partial charge in [-0.1, -0.05) is 49.4 Å². The molecule has 0 heterocycles. The highest BCUT2D eigenvalue weighted by atomic mass is 16.5. The van der Waals surface area contributed by atoms with Gasteiger partial charge in [-0.25, -0.2) is 0 Å². The maximum absolute atomic E-state index is 10.0. The minimum absolute atomic E-state index is 0.0685. The molecule has 0 aromatic heterocycles. The van der Waals surface area contributed by atoms with Gasteiger partial charge in [0.2, 0.25) is 0 Å². The monoisotopic (exact) mass is 271 g/mol. The summed E-state index contributed by atoms with van der Waals surface area (Å²) in [6, 6.07) is 17.3. The van der Waals surface area contributed by atoms with Gasteiger partial charge in [-0.3, -0.25) is 0 Å². The van der Waals surface area contributed by atoms with Crippen molar-refractivity contribution in [2.24, 2.45) is 5.73 Å². The molecular formula is C17H21NO2. The van der Waals surface area contributed by atoms with E-state index >= 15 is 0 Å². The van der Waals surface area contributed by atoms with Crippen LogP contribution in [0.15, 0.2) is 54.6 Å². The van der Waals surface area contributed by atoms with Crippen LogP contribution in [0, 0.1) is 0 Å². The molecule has 20 heavy (non-hydrogen) atoms. The summed E-state index contributed by atoms with van der Waals surface area (Å²) in [6.07, 6.45) is 0.293. The van der Waals surface area contributed by atoms with E-state index in [1.54, 1.807) is 0 Å². The third-order valence-corrected chi connectivity index (χ3v) is 3.34. The summed E-state index contributed by atoms with van der Waals surface area (Å²) in [5.74, 6) is 0.743. The Morgan fingerprint density at radius 1 is 1.00 bits per heavy atom. The molecule has 106 valence electrons. The average molecular weight is 271 g/mol. The highest BCUT2D eigenvalue weighted by Gasteiger charge is 2.08. The molecule has 2 atom stereocenters. The third-order valence-electron chi connectivity index (χ3n) is 3.34. The van der Waals surface area contributed by atoms with E-state index in [2.05, 4.69) is 6.92 Å². The molecular weight excluding hydrogens is 250 g/mol. The van der Waals surface area contributed by atoms with Crippen LogP contribution in [-0.4, -0.2) is 11.7 Å². The first kappa shape index (κ1) is 14.6. The maximum atomic E-state index is 10.0. The van der Waals surface area contributed by atoms with Crippen molar-refractivity contribution in [1.82, 2.24) is 0 Å². The molecule has 3 nitrogen and oxygen atoms in total. The van der Waals surface area contributed by atoms with Gasteiger partial charge in [0, 0.05) is 6.04 Å². The predicted molar refractivity (Wildman–Crippen MR) is 80.6 cm³/mol. The van der Waals surface area contributed by atoms with Crippen LogP contribution in [0.3, 0.4) is 0 Å². The molecule has 0 aliphatic heterocycles. The summed E-state index contributed by atoms with van der Waals surface area (Å²) in [7, 11) is 0. The molecule has 2 rings (SSSR count). The minimum atomic E-state index is -0.617. The van der Waals surface area contributed by atoms with E-state index in [0.717, 1.165) is 23.3 Å². The van der Waals surface area contributed by atoms with Crippen molar-refractivity contribution in [1.29, 1.82) is 0 Å². The zero-order valence-corrected chi connectivity index (χ0v) is 11.7. The summed E-state index contributed by atoms with van der Waals surface area (Å²) in [5.41, 5.74) is 7.92. The van der Waals surface area contributed by atoms with E-state index in [1.165, 1.54) is 0 Å². The average Bonchev–Trinajstić information content (AvgIpc) is 2.53. The molecule has 0 bridgehead atoms. The van der Waals surface area contributed by atoms with Crippen molar-refractivity contribution >= 4 is 0 Å². The number of hydrogen-bond acceptors (Lipinski definition) is 3. The normalized spacial score (nSPS) is 13.8. The van der Waals surface area contributed by atoms with E-state index in [9.17, 15) is 5.11 Å². The first-order valence-electron chi connectivity index (χ1n) is 6.92. The number of aliphatic hydroxyl groups excluding tert-OH is 1.